The molecule has 2 amide bonds. The number of aryl methyl sites for hydroxylation is 1. The predicted octanol–water partition coefficient (Wildman–Crippen LogP) is 8.59. The standard InChI is InChI=1S/C46H68N4O9Si/c1-30(2)60(31(3)4,32(5)6)59-37-15-11-14-36(27-37)46(47-44(55)58-45(8,9)10,43(54)50-22-12-16-40(48-50)42(52)53)28-34-17-18-38-39(35-19-24-56-25-20-35)29-49(41(38)26-34)21-13-23-57-33(7)51/h11,14-15,17-18,26-27,29-32,35,40,48H,12-13,16,19-25,28H2,1-10H3,(H,47,55)(H,52,53). The van der Waals surface area contributed by atoms with E-state index < -0.39 is 43.5 Å². The van der Waals surface area contributed by atoms with Gasteiger partial charge in [0.15, 0.2) is 5.54 Å². The monoisotopic (exact) mass is 848 g/mol. The molecule has 0 saturated carbocycles. The summed E-state index contributed by atoms with van der Waals surface area (Å²) >= 11 is 0. The number of esters is 1. The molecule has 3 aromatic rings. The van der Waals surface area contributed by atoms with Crippen molar-refractivity contribution in [2.45, 2.75) is 154 Å². The van der Waals surface area contributed by atoms with Gasteiger partial charge in [-0.2, -0.15) is 0 Å². The molecule has 2 aromatic carbocycles. The quantitative estimate of drug-likeness (QED) is 0.0725. The lowest BCUT2D eigenvalue weighted by Crippen LogP contribution is -2.65. The maximum absolute atomic E-state index is 15.5. The first-order valence-corrected chi connectivity index (χ1v) is 23.9. The van der Waals surface area contributed by atoms with Gasteiger partial charge in [-0.3, -0.25) is 19.4 Å². The van der Waals surface area contributed by atoms with Gasteiger partial charge in [-0.15, -0.1) is 0 Å². The highest BCUT2D eigenvalue weighted by Gasteiger charge is 2.49. The molecule has 2 unspecified atom stereocenters. The first-order valence-electron chi connectivity index (χ1n) is 21.7. The van der Waals surface area contributed by atoms with Gasteiger partial charge in [0.2, 0.25) is 0 Å². The molecule has 0 spiro atoms. The molecule has 5 rings (SSSR count). The number of carbonyl (C=O) groups is 4. The lowest BCUT2D eigenvalue weighted by Gasteiger charge is -2.43. The predicted molar refractivity (Wildman–Crippen MR) is 234 cm³/mol. The average Bonchev–Trinajstić information content (AvgIpc) is 3.54. The van der Waals surface area contributed by atoms with Gasteiger partial charge >= 0.3 is 18.0 Å². The number of hydrogen-bond acceptors (Lipinski definition) is 9. The van der Waals surface area contributed by atoms with Crippen LogP contribution in [0, 0.1) is 0 Å². The van der Waals surface area contributed by atoms with Crippen LogP contribution < -0.4 is 15.2 Å². The molecule has 14 heteroatoms. The van der Waals surface area contributed by atoms with Gasteiger partial charge < -0.3 is 33.6 Å². The van der Waals surface area contributed by atoms with Crippen molar-refractivity contribution in [2.24, 2.45) is 0 Å². The van der Waals surface area contributed by atoms with Crippen molar-refractivity contribution in [3.63, 3.8) is 0 Å². The van der Waals surface area contributed by atoms with E-state index in [1.807, 2.05) is 30.3 Å². The van der Waals surface area contributed by atoms with Crippen molar-refractivity contribution in [1.82, 2.24) is 20.3 Å². The largest absolute Gasteiger partial charge is 0.543 e. The lowest BCUT2D eigenvalue weighted by atomic mass is 9.81. The number of aliphatic carboxylic acids is 1. The fourth-order valence-corrected chi connectivity index (χ4v) is 14.7. The Morgan fingerprint density at radius 2 is 1.65 bits per heavy atom. The summed E-state index contributed by atoms with van der Waals surface area (Å²) < 4.78 is 26.2. The van der Waals surface area contributed by atoms with Gasteiger partial charge in [0.05, 0.1) is 6.61 Å². The number of carboxylic acid groups (broad SMARTS) is 1. The van der Waals surface area contributed by atoms with E-state index in [0.29, 0.717) is 56.3 Å². The number of nitrogens with zero attached hydrogens (tertiary/aromatic N) is 2. The van der Waals surface area contributed by atoms with E-state index >= 15 is 4.79 Å². The minimum atomic E-state index is -2.46. The van der Waals surface area contributed by atoms with Gasteiger partial charge in [0.25, 0.3) is 14.2 Å². The number of nitrogens with one attached hydrogen (secondary N) is 2. The van der Waals surface area contributed by atoms with Gasteiger partial charge in [-0.05, 0) is 110 Å². The zero-order valence-corrected chi connectivity index (χ0v) is 38.4. The fourth-order valence-electron chi connectivity index (χ4n) is 9.42. The molecule has 13 nitrogen and oxygen atoms in total. The van der Waals surface area contributed by atoms with Crippen LogP contribution >= 0.6 is 0 Å². The molecule has 2 aliphatic rings. The molecule has 0 bridgehead atoms. The maximum Gasteiger partial charge on any atom is 0.408 e. The van der Waals surface area contributed by atoms with Crippen LogP contribution in [-0.4, -0.2) is 84.9 Å². The highest BCUT2D eigenvalue weighted by atomic mass is 28.4. The SMILES string of the molecule is CC(=O)OCCCn1cc(C2CCOCC2)c2ccc(CC(NC(=O)OC(C)(C)C)(C(=O)N3CCCC(C(=O)O)N3)c3cccc(O[Si](C(C)C)(C(C)C)C(C)C)c3)cc21. The minimum Gasteiger partial charge on any atom is -0.543 e. The van der Waals surface area contributed by atoms with Crippen LogP contribution in [0.2, 0.25) is 16.6 Å². The fraction of sp³-hybridized carbons (Fsp3) is 0.609. The second kappa shape index (κ2) is 19.5. The van der Waals surface area contributed by atoms with Gasteiger partial charge in [-0.25, -0.2) is 10.2 Å². The number of rotatable bonds is 16. The first-order chi connectivity index (χ1) is 28.3. The van der Waals surface area contributed by atoms with Crippen LogP contribution in [0.5, 0.6) is 5.75 Å². The van der Waals surface area contributed by atoms with E-state index in [9.17, 15) is 19.5 Å². The Balaban J connectivity index is 1.71. The second-order valence-corrected chi connectivity index (χ2v) is 23.9. The first kappa shape index (κ1) is 46.7. The Kier molecular flexibility index (Phi) is 15.2. The molecule has 2 atom stereocenters. The number of carboxylic acids is 1. The summed E-state index contributed by atoms with van der Waals surface area (Å²) in [5.74, 6) is -0.993. The van der Waals surface area contributed by atoms with E-state index in [1.54, 1.807) is 20.8 Å². The van der Waals surface area contributed by atoms with Crippen molar-refractivity contribution in [2.75, 3.05) is 26.4 Å². The molecular formula is C46H68N4O9Si. The summed E-state index contributed by atoms with van der Waals surface area (Å²) in [4.78, 5) is 53.5. The van der Waals surface area contributed by atoms with Crippen molar-refractivity contribution >= 4 is 43.2 Å². The normalized spacial score (nSPS) is 17.8. The third-order valence-corrected chi connectivity index (χ3v) is 18.1. The summed E-state index contributed by atoms with van der Waals surface area (Å²) in [6.07, 6.45) is 4.62. The minimum absolute atomic E-state index is 0.00668. The van der Waals surface area contributed by atoms with Crippen LogP contribution in [0.1, 0.15) is 124 Å². The van der Waals surface area contributed by atoms with E-state index in [4.69, 9.17) is 18.6 Å². The van der Waals surface area contributed by atoms with Crippen LogP contribution in [0.25, 0.3) is 10.9 Å². The van der Waals surface area contributed by atoms with E-state index in [1.165, 1.54) is 17.5 Å². The average molecular weight is 849 g/mol. The topological polar surface area (TPSA) is 158 Å². The number of alkyl carbamates (subject to hydrolysis) is 1. The van der Waals surface area contributed by atoms with Crippen LogP contribution in [0.4, 0.5) is 4.79 Å². The number of fused-ring (bicyclic) bond motifs is 1. The Hall–Kier alpha value is -4.40. The molecule has 0 aliphatic carbocycles. The summed E-state index contributed by atoms with van der Waals surface area (Å²) in [6, 6.07) is 12.6. The van der Waals surface area contributed by atoms with Gasteiger partial charge in [0, 0.05) is 56.7 Å². The number of ether oxygens (including phenoxy) is 3. The maximum atomic E-state index is 15.5. The molecular weight excluding hydrogens is 781 g/mol. The highest BCUT2D eigenvalue weighted by Crippen LogP contribution is 2.44. The third-order valence-electron chi connectivity index (χ3n) is 12.1. The summed E-state index contributed by atoms with van der Waals surface area (Å²) in [7, 11) is -2.46. The molecule has 60 heavy (non-hydrogen) atoms. The zero-order valence-electron chi connectivity index (χ0n) is 37.4. The number of hydrogen-bond donors (Lipinski definition) is 3. The van der Waals surface area contributed by atoms with E-state index in [0.717, 1.165) is 29.3 Å². The molecule has 2 saturated heterocycles. The molecule has 330 valence electrons. The zero-order chi connectivity index (χ0) is 44.0. The summed E-state index contributed by atoms with van der Waals surface area (Å²) in [5, 5.41) is 15.5. The van der Waals surface area contributed by atoms with E-state index in [2.05, 4.69) is 75.2 Å². The van der Waals surface area contributed by atoms with Crippen molar-refractivity contribution in [3.8, 4) is 5.75 Å². The number of benzene rings is 2. The number of aromatic nitrogens is 1. The van der Waals surface area contributed by atoms with Crippen molar-refractivity contribution < 1.29 is 42.9 Å². The Labute approximate surface area is 356 Å². The van der Waals surface area contributed by atoms with Gasteiger partial charge in [0.1, 0.15) is 17.4 Å². The number of amides is 2. The highest BCUT2D eigenvalue weighted by molar-refractivity contribution is 6.78. The lowest BCUT2D eigenvalue weighted by molar-refractivity contribution is -0.151. The Morgan fingerprint density at radius 3 is 2.27 bits per heavy atom. The second-order valence-electron chi connectivity index (χ2n) is 18.5. The molecule has 0 radical (unpaired) electrons. The van der Waals surface area contributed by atoms with Crippen LogP contribution in [-0.2, 0) is 47.1 Å². The molecule has 3 N–H and O–H groups in total. The van der Waals surface area contributed by atoms with Crippen LogP contribution in [0.3, 0.4) is 0 Å². The molecule has 3 heterocycles. The van der Waals surface area contributed by atoms with Crippen molar-refractivity contribution in [3.05, 3.63) is 65.4 Å². The van der Waals surface area contributed by atoms with Crippen molar-refractivity contribution in [1.29, 1.82) is 0 Å². The molecule has 2 aliphatic heterocycles. The number of carbonyl (C=O) groups excluding carboxylic acids is 3. The van der Waals surface area contributed by atoms with Gasteiger partial charge in [-0.1, -0.05) is 65.8 Å². The Morgan fingerprint density at radius 1 is 0.967 bits per heavy atom. The molecule has 1 aromatic heterocycles. The smallest absolute Gasteiger partial charge is 0.408 e. The van der Waals surface area contributed by atoms with Crippen LogP contribution in [0.15, 0.2) is 48.7 Å². The van der Waals surface area contributed by atoms with E-state index in [-0.39, 0.29) is 42.2 Å². The summed E-state index contributed by atoms with van der Waals surface area (Å²) in [5.41, 5.74) is 4.55. The molecule has 2 fully saturated rings. The Bertz CT molecular complexity index is 1960. The number of hydrazine groups is 1. The third kappa shape index (κ3) is 10.7. The summed E-state index contributed by atoms with van der Waals surface area (Å²) in [6.45, 7) is 22.5.